The Morgan fingerprint density at radius 1 is 1.10 bits per heavy atom. The molecule has 4 N–H and O–H groups in total. The van der Waals surface area contributed by atoms with Gasteiger partial charge in [0, 0.05) is 17.3 Å². The number of carbonyl (C=O) groups excluding carboxylic acids is 1. The smallest absolute Gasteiger partial charge is 0.234 e. The number of anilines is 1. The van der Waals surface area contributed by atoms with E-state index in [-0.39, 0.29) is 11.4 Å². The lowest BCUT2D eigenvalue weighted by Gasteiger charge is -2.05. The molecule has 0 aliphatic carbocycles. The van der Waals surface area contributed by atoms with Crippen LogP contribution in [0, 0.1) is 11.6 Å². The SMILES string of the molecule is Nn1c(SCC(=O)Nc2ccc(F)c(F)c2)nnc1-c1cc(-c2ccccc2)n[nH]1. The van der Waals surface area contributed by atoms with Gasteiger partial charge in [-0.1, -0.05) is 42.1 Å². The third kappa shape index (κ3) is 4.15. The second-order valence-electron chi connectivity index (χ2n) is 6.17. The van der Waals surface area contributed by atoms with Gasteiger partial charge in [-0.3, -0.25) is 9.89 Å². The predicted molar refractivity (Wildman–Crippen MR) is 109 cm³/mol. The van der Waals surface area contributed by atoms with Crippen LogP contribution in [0.15, 0.2) is 59.8 Å². The first-order valence-electron chi connectivity index (χ1n) is 8.70. The van der Waals surface area contributed by atoms with Gasteiger partial charge in [0.15, 0.2) is 11.6 Å². The van der Waals surface area contributed by atoms with Crippen LogP contribution in [0.5, 0.6) is 0 Å². The molecule has 0 radical (unpaired) electrons. The van der Waals surface area contributed by atoms with Crippen molar-refractivity contribution < 1.29 is 13.6 Å². The van der Waals surface area contributed by atoms with Crippen molar-refractivity contribution >= 4 is 23.4 Å². The zero-order valence-electron chi connectivity index (χ0n) is 15.3. The molecule has 0 spiro atoms. The van der Waals surface area contributed by atoms with Crippen LogP contribution >= 0.6 is 11.8 Å². The highest BCUT2D eigenvalue weighted by atomic mass is 32.2. The number of benzene rings is 2. The Kier molecular flexibility index (Phi) is 5.44. The number of nitrogens with one attached hydrogen (secondary N) is 2. The van der Waals surface area contributed by atoms with Crippen LogP contribution < -0.4 is 11.2 Å². The van der Waals surface area contributed by atoms with Gasteiger partial charge in [-0.2, -0.15) is 5.10 Å². The third-order valence-electron chi connectivity index (χ3n) is 4.09. The molecule has 2 aromatic heterocycles. The van der Waals surface area contributed by atoms with Gasteiger partial charge in [-0.25, -0.2) is 13.5 Å². The third-order valence-corrected chi connectivity index (χ3v) is 5.03. The summed E-state index contributed by atoms with van der Waals surface area (Å²) in [4.78, 5) is 12.1. The fraction of sp³-hybridized carbons (Fsp3) is 0.0526. The van der Waals surface area contributed by atoms with Crippen molar-refractivity contribution in [2.24, 2.45) is 0 Å². The van der Waals surface area contributed by atoms with Crippen LogP contribution in [0.3, 0.4) is 0 Å². The largest absolute Gasteiger partial charge is 0.335 e. The number of nitrogen functional groups attached to an aromatic ring is 1. The molecule has 0 saturated heterocycles. The van der Waals surface area contributed by atoms with Gasteiger partial charge in [0.1, 0.15) is 5.69 Å². The molecule has 4 aromatic rings. The molecule has 4 rings (SSSR count). The Labute approximate surface area is 173 Å². The Balaban J connectivity index is 1.42. The number of halogens is 2. The summed E-state index contributed by atoms with van der Waals surface area (Å²) in [5.41, 5.74) is 2.39. The van der Waals surface area contributed by atoms with Crippen LogP contribution in [0.25, 0.3) is 22.8 Å². The Morgan fingerprint density at radius 3 is 2.67 bits per heavy atom. The van der Waals surface area contributed by atoms with E-state index in [9.17, 15) is 13.6 Å². The topological polar surface area (TPSA) is 115 Å². The second-order valence-corrected chi connectivity index (χ2v) is 7.12. The number of aromatic nitrogens is 5. The molecule has 2 aromatic carbocycles. The molecule has 0 unspecified atom stereocenters. The molecule has 11 heteroatoms. The Hall–Kier alpha value is -3.73. The molecule has 0 bridgehead atoms. The van der Waals surface area contributed by atoms with Crippen molar-refractivity contribution in [3.05, 3.63) is 66.2 Å². The average molecular weight is 427 g/mol. The summed E-state index contributed by atoms with van der Waals surface area (Å²) in [7, 11) is 0. The zero-order chi connectivity index (χ0) is 21.1. The summed E-state index contributed by atoms with van der Waals surface area (Å²) in [5, 5.41) is 18.0. The van der Waals surface area contributed by atoms with Crippen LogP contribution in [0.1, 0.15) is 0 Å². The molecule has 2 heterocycles. The van der Waals surface area contributed by atoms with Gasteiger partial charge in [0.2, 0.25) is 16.9 Å². The lowest BCUT2D eigenvalue weighted by Crippen LogP contribution is -2.16. The number of nitrogens with zero attached hydrogens (tertiary/aromatic N) is 4. The molecule has 1 amide bonds. The fourth-order valence-electron chi connectivity index (χ4n) is 2.65. The standard InChI is InChI=1S/C19H15F2N7OS/c20-13-7-6-12(8-14(13)21)23-17(29)10-30-19-27-26-18(28(19)22)16-9-15(24-25-16)11-4-2-1-3-5-11/h1-9H,10,22H2,(H,23,29)(H,24,25). The molecule has 0 atom stereocenters. The van der Waals surface area contributed by atoms with E-state index in [0.717, 1.165) is 35.2 Å². The van der Waals surface area contributed by atoms with Crippen molar-refractivity contribution in [1.29, 1.82) is 0 Å². The average Bonchev–Trinajstić information content (AvgIpc) is 3.37. The van der Waals surface area contributed by atoms with Gasteiger partial charge >= 0.3 is 0 Å². The maximum Gasteiger partial charge on any atom is 0.234 e. The van der Waals surface area contributed by atoms with Gasteiger partial charge < -0.3 is 11.2 Å². The molecule has 0 fully saturated rings. The number of hydrogen-bond donors (Lipinski definition) is 3. The molecule has 0 aliphatic rings. The Bertz CT molecular complexity index is 1190. The Morgan fingerprint density at radius 2 is 1.90 bits per heavy atom. The van der Waals surface area contributed by atoms with Gasteiger partial charge in [-0.15, -0.1) is 10.2 Å². The second kappa shape index (κ2) is 8.33. The lowest BCUT2D eigenvalue weighted by atomic mass is 10.1. The van der Waals surface area contributed by atoms with E-state index in [2.05, 4.69) is 25.7 Å². The van der Waals surface area contributed by atoms with E-state index >= 15 is 0 Å². The molecule has 0 aliphatic heterocycles. The van der Waals surface area contributed by atoms with Crippen molar-refractivity contribution in [3.8, 4) is 22.8 Å². The molecule has 8 nitrogen and oxygen atoms in total. The fourth-order valence-corrected chi connectivity index (χ4v) is 3.31. The molecular weight excluding hydrogens is 412 g/mol. The van der Waals surface area contributed by atoms with Gasteiger partial charge in [-0.05, 0) is 18.2 Å². The highest BCUT2D eigenvalue weighted by molar-refractivity contribution is 7.99. The normalized spacial score (nSPS) is 10.9. The number of amides is 1. The van der Waals surface area contributed by atoms with Crippen LogP contribution in [-0.4, -0.2) is 36.7 Å². The summed E-state index contributed by atoms with van der Waals surface area (Å²) < 4.78 is 27.4. The quantitative estimate of drug-likeness (QED) is 0.322. The van der Waals surface area contributed by atoms with Crippen molar-refractivity contribution in [2.45, 2.75) is 5.16 Å². The lowest BCUT2D eigenvalue weighted by molar-refractivity contribution is -0.113. The van der Waals surface area contributed by atoms with E-state index in [1.54, 1.807) is 6.07 Å². The minimum Gasteiger partial charge on any atom is -0.335 e. The van der Waals surface area contributed by atoms with E-state index in [4.69, 9.17) is 5.84 Å². The summed E-state index contributed by atoms with van der Waals surface area (Å²) in [6.07, 6.45) is 0. The summed E-state index contributed by atoms with van der Waals surface area (Å²) >= 11 is 1.05. The molecule has 0 saturated carbocycles. The molecule has 30 heavy (non-hydrogen) atoms. The van der Waals surface area contributed by atoms with Crippen LogP contribution in [0.4, 0.5) is 14.5 Å². The minimum absolute atomic E-state index is 0.0490. The van der Waals surface area contributed by atoms with E-state index < -0.39 is 17.5 Å². The zero-order valence-corrected chi connectivity index (χ0v) is 16.2. The minimum atomic E-state index is -1.04. The molecule has 152 valence electrons. The van der Waals surface area contributed by atoms with Gasteiger partial charge in [0.05, 0.1) is 11.4 Å². The molecular formula is C19H15F2N7OS. The number of nitrogens with two attached hydrogens (primary N) is 1. The van der Waals surface area contributed by atoms with Crippen LogP contribution in [0.2, 0.25) is 0 Å². The first-order valence-corrected chi connectivity index (χ1v) is 9.69. The number of hydrogen-bond acceptors (Lipinski definition) is 6. The highest BCUT2D eigenvalue weighted by Crippen LogP contribution is 2.24. The highest BCUT2D eigenvalue weighted by Gasteiger charge is 2.16. The van der Waals surface area contributed by atoms with Crippen LogP contribution in [-0.2, 0) is 4.79 Å². The van der Waals surface area contributed by atoms with Crippen molar-refractivity contribution in [2.75, 3.05) is 16.9 Å². The monoisotopic (exact) mass is 427 g/mol. The first kappa shape index (κ1) is 19.6. The number of rotatable bonds is 6. The number of carbonyl (C=O) groups is 1. The summed E-state index contributed by atoms with van der Waals surface area (Å²) in [5.74, 6) is 3.91. The maximum absolute atomic E-state index is 13.2. The van der Waals surface area contributed by atoms with E-state index in [0.29, 0.717) is 16.7 Å². The van der Waals surface area contributed by atoms with Crippen molar-refractivity contribution in [3.63, 3.8) is 0 Å². The van der Waals surface area contributed by atoms with Gasteiger partial charge in [0.25, 0.3) is 0 Å². The number of thioether (sulfide) groups is 1. The van der Waals surface area contributed by atoms with Crippen molar-refractivity contribution in [1.82, 2.24) is 25.1 Å². The van der Waals surface area contributed by atoms with E-state index in [1.807, 2.05) is 30.3 Å². The number of H-pyrrole nitrogens is 1. The summed E-state index contributed by atoms with van der Waals surface area (Å²) in [6.45, 7) is 0. The predicted octanol–water partition coefficient (Wildman–Crippen LogP) is 3.06. The summed E-state index contributed by atoms with van der Waals surface area (Å²) in [6, 6.07) is 14.5. The van der Waals surface area contributed by atoms with E-state index in [1.165, 1.54) is 10.7 Å². The first-order chi connectivity index (χ1) is 14.5. The maximum atomic E-state index is 13.2. The number of aromatic amines is 1.